The molecule has 1 aliphatic rings. The monoisotopic (exact) mass is 285 g/mol. The molecule has 1 rings (SSSR count). The quantitative estimate of drug-likeness (QED) is 0.811. The number of rotatable bonds is 5. The molecule has 1 saturated carbocycles. The first kappa shape index (κ1) is 16.8. The van der Waals surface area contributed by atoms with Gasteiger partial charge in [0, 0.05) is 13.6 Å². The third-order valence-electron chi connectivity index (χ3n) is 4.36. The lowest BCUT2D eigenvalue weighted by atomic mass is 9.92. The van der Waals surface area contributed by atoms with Crippen molar-refractivity contribution in [3.05, 3.63) is 0 Å². The molecule has 0 radical (unpaired) electrons. The standard InChI is InChI=1S/C15H27NO4/c1-16(15(19)20)11-5-8-12-6-2-3-9-13(14(17)18)10-4-7-12/h12-13H,2-11H2,1H3,(H,17,18)(H,19,20). The third-order valence-corrected chi connectivity index (χ3v) is 4.36. The molecule has 0 spiro atoms. The summed E-state index contributed by atoms with van der Waals surface area (Å²) in [5.74, 6) is -0.178. The summed E-state index contributed by atoms with van der Waals surface area (Å²) >= 11 is 0. The molecular formula is C15H27NO4. The SMILES string of the molecule is CN(CCCC1CCCCC(C(=O)O)CCC1)C(=O)O. The molecule has 0 aromatic carbocycles. The maximum atomic E-state index is 11.1. The van der Waals surface area contributed by atoms with Gasteiger partial charge < -0.3 is 15.1 Å². The normalized spacial score (nSPS) is 24.2. The number of aliphatic carboxylic acids is 1. The zero-order valence-electron chi connectivity index (χ0n) is 12.4. The molecule has 5 heteroatoms. The molecule has 2 unspecified atom stereocenters. The summed E-state index contributed by atoms with van der Waals surface area (Å²) in [6.45, 7) is 0.587. The molecule has 0 bridgehead atoms. The third kappa shape index (κ3) is 6.26. The molecule has 5 nitrogen and oxygen atoms in total. The second-order valence-electron chi connectivity index (χ2n) is 5.96. The van der Waals surface area contributed by atoms with E-state index in [4.69, 9.17) is 10.2 Å². The van der Waals surface area contributed by atoms with Gasteiger partial charge in [-0.05, 0) is 31.6 Å². The van der Waals surface area contributed by atoms with Crippen molar-refractivity contribution in [1.29, 1.82) is 0 Å². The number of nitrogens with zero attached hydrogens (tertiary/aromatic N) is 1. The van der Waals surface area contributed by atoms with Gasteiger partial charge in [0.1, 0.15) is 0 Å². The molecule has 0 aromatic heterocycles. The number of carboxylic acids is 1. The Hall–Kier alpha value is -1.26. The predicted octanol–water partition coefficient (Wildman–Crippen LogP) is 3.44. The van der Waals surface area contributed by atoms with Gasteiger partial charge in [0.25, 0.3) is 0 Å². The molecule has 2 N–H and O–H groups in total. The second-order valence-corrected chi connectivity index (χ2v) is 5.96. The minimum atomic E-state index is -0.872. The highest BCUT2D eigenvalue weighted by Gasteiger charge is 2.20. The molecule has 0 aromatic rings. The summed E-state index contributed by atoms with van der Waals surface area (Å²) in [6.07, 6.45) is 8.01. The Morgan fingerprint density at radius 3 is 2.30 bits per heavy atom. The summed E-state index contributed by atoms with van der Waals surface area (Å²) < 4.78 is 0. The Morgan fingerprint density at radius 1 is 1.05 bits per heavy atom. The Labute approximate surface area is 121 Å². The highest BCUT2D eigenvalue weighted by Crippen LogP contribution is 2.28. The summed E-state index contributed by atoms with van der Waals surface area (Å²) in [7, 11) is 1.60. The highest BCUT2D eigenvalue weighted by molar-refractivity contribution is 5.69. The van der Waals surface area contributed by atoms with Crippen molar-refractivity contribution >= 4 is 12.1 Å². The fourth-order valence-corrected chi connectivity index (χ4v) is 3.01. The van der Waals surface area contributed by atoms with Crippen molar-refractivity contribution in [2.24, 2.45) is 11.8 Å². The zero-order valence-corrected chi connectivity index (χ0v) is 12.4. The van der Waals surface area contributed by atoms with E-state index < -0.39 is 12.1 Å². The fourth-order valence-electron chi connectivity index (χ4n) is 3.01. The molecule has 1 fully saturated rings. The minimum Gasteiger partial charge on any atom is -0.481 e. The topological polar surface area (TPSA) is 77.8 Å². The molecular weight excluding hydrogens is 258 g/mol. The molecule has 116 valence electrons. The molecule has 2 atom stereocenters. The summed E-state index contributed by atoms with van der Waals surface area (Å²) in [5.41, 5.74) is 0. The maximum absolute atomic E-state index is 11.1. The van der Waals surface area contributed by atoms with E-state index in [2.05, 4.69) is 0 Å². The van der Waals surface area contributed by atoms with E-state index in [1.54, 1.807) is 7.05 Å². The van der Waals surface area contributed by atoms with E-state index in [-0.39, 0.29) is 5.92 Å². The summed E-state index contributed by atoms with van der Waals surface area (Å²) in [6, 6.07) is 0. The summed E-state index contributed by atoms with van der Waals surface area (Å²) in [4.78, 5) is 23.1. The van der Waals surface area contributed by atoms with Crippen molar-refractivity contribution in [1.82, 2.24) is 4.90 Å². The van der Waals surface area contributed by atoms with Crippen LogP contribution in [-0.2, 0) is 4.79 Å². The number of carbonyl (C=O) groups is 2. The Balaban J connectivity index is 2.29. The van der Waals surface area contributed by atoms with Crippen molar-refractivity contribution in [3.63, 3.8) is 0 Å². The number of hydrogen-bond acceptors (Lipinski definition) is 2. The van der Waals surface area contributed by atoms with Gasteiger partial charge in [0.15, 0.2) is 0 Å². The second kappa shape index (κ2) is 8.82. The molecule has 1 aliphatic carbocycles. The van der Waals surface area contributed by atoms with Gasteiger partial charge in [-0.3, -0.25) is 4.79 Å². The van der Waals surface area contributed by atoms with Crippen LogP contribution in [0.2, 0.25) is 0 Å². The van der Waals surface area contributed by atoms with Crippen LogP contribution in [0.25, 0.3) is 0 Å². The molecule has 0 heterocycles. The lowest BCUT2D eigenvalue weighted by molar-refractivity contribution is -0.142. The van der Waals surface area contributed by atoms with Gasteiger partial charge in [-0.15, -0.1) is 0 Å². The average molecular weight is 285 g/mol. The maximum Gasteiger partial charge on any atom is 0.407 e. The van der Waals surface area contributed by atoms with E-state index in [0.717, 1.165) is 57.8 Å². The molecule has 0 saturated heterocycles. The first-order valence-corrected chi connectivity index (χ1v) is 7.67. The van der Waals surface area contributed by atoms with E-state index in [0.29, 0.717) is 12.5 Å². The Kier molecular flexibility index (Phi) is 7.41. The van der Waals surface area contributed by atoms with E-state index in [1.807, 2.05) is 0 Å². The smallest absolute Gasteiger partial charge is 0.407 e. The Morgan fingerprint density at radius 2 is 1.65 bits per heavy atom. The number of amides is 1. The van der Waals surface area contributed by atoms with Crippen LogP contribution in [-0.4, -0.2) is 40.8 Å². The molecule has 1 amide bonds. The van der Waals surface area contributed by atoms with Crippen LogP contribution >= 0.6 is 0 Å². The van der Waals surface area contributed by atoms with Crippen molar-refractivity contribution in [3.8, 4) is 0 Å². The molecule has 0 aliphatic heterocycles. The predicted molar refractivity (Wildman–Crippen MR) is 76.8 cm³/mol. The van der Waals surface area contributed by atoms with Crippen molar-refractivity contribution < 1.29 is 19.8 Å². The van der Waals surface area contributed by atoms with Gasteiger partial charge >= 0.3 is 12.1 Å². The van der Waals surface area contributed by atoms with Crippen LogP contribution in [0.4, 0.5) is 4.79 Å². The highest BCUT2D eigenvalue weighted by atomic mass is 16.4. The molecule has 20 heavy (non-hydrogen) atoms. The van der Waals surface area contributed by atoms with Crippen LogP contribution in [0.5, 0.6) is 0 Å². The zero-order chi connectivity index (χ0) is 15.0. The number of hydrogen-bond donors (Lipinski definition) is 2. The van der Waals surface area contributed by atoms with Crippen LogP contribution in [0, 0.1) is 11.8 Å². The lowest BCUT2D eigenvalue weighted by Gasteiger charge is -2.18. The van der Waals surface area contributed by atoms with Crippen LogP contribution in [0.15, 0.2) is 0 Å². The first-order valence-electron chi connectivity index (χ1n) is 7.67. The van der Waals surface area contributed by atoms with E-state index in [9.17, 15) is 9.59 Å². The van der Waals surface area contributed by atoms with Crippen LogP contribution in [0.3, 0.4) is 0 Å². The lowest BCUT2D eigenvalue weighted by Crippen LogP contribution is -2.26. The summed E-state index contributed by atoms with van der Waals surface area (Å²) in [5, 5.41) is 17.9. The first-order chi connectivity index (χ1) is 9.50. The van der Waals surface area contributed by atoms with E-state index in [1.165, 1.54) is 4.90 Å². The average Bonchev–Trinajstić information content (AvgIpc) is 2.50. The van der Waals surface area contributed by atoms with Gasteiger partial charge in [0.05, 0.1) is 5.92 Å². The van der Waals surface area contributed by atoms with Crippen LogP contribution < -0.4 is 0 Å². The van der Waals surface area contributed by atoms with Crippen molar-refractivity contribution in [2.45, 2.75) is 57.8 Å². The van der Waals surface area contributed by atoms with Gasteiger partial charge in [-0.2, -0.15) is 0 Å². The number of carboxylic acid groups (broad SMARTS) is 2. The van der Waals surface area contributed by atoms with Gasteiger partial charge in [-0.1, -0.05) is 32.1 Å². The van der Waals surface area contributed by atoms with E-state index >= 15 is 0 Å². The van der Waals surface area contributed by atoms with Gasteiger partial charge in [-0.25, -0.2) is 4.79 Å². The largest absolute Gasteiger partial charge is 0.481 e. The van der Waals surface area contributed by atoms with Gasteiger partial charge in [0.2, 0.25) is 0 Å². The van der Waals surface area contributed by atoms with Crippen molar-refractivity contribution in [2.75, 3.05) is 13.6 Å². The minimum absolute atomic E-state index is 0.160. The Bertz CT molecular complexity index is 319. The van der Waals surface area contributed by atoms with Crippen LogP contribution in [0.1, 0.15) is 57.8 Å². The fraction of sp³-hybridized carbons (Fsp3) is 0.867.